The van der Waals surface area contributed by atoms with Crippen LogP contribution in [0.5, 0.6) is 46.0 Å². The Balaban J connectivity index is 0.795. The summed E-state index contributed by atoms with van der Waals surface area (Å²) in [6.07, 6.45) is 20.9. The second kappa shape index (κ2) is 48.7. The second-order valence-corrected chi connectivity index (χ2v) is 30.6. The number of unbranched alkanes of at least 4 members (excludes halogenated alkanes) is 14. The Morgan fingerprint density at radius 1 is 0.206 bits per heavy atom. The Kier molecular flexibility index (Phi) is 35.2. The van der Waals surface area contributed by atoms with Crippen molar-refractivity contribution < 1.29 is 76.1 Å². The zero-order chi connectivity index (χ0) is 87.9. The molecule has 0 aliphatic carbocycles. The molecule has 126 heavy (non-hydrogen) atoms. The van der Waals surface area contributed by atoms with Crippen molar-refractivity contribution >= 4 is 47.0 Å². The van der Waals surface area contributed by atoms with Crippen LogP contribution in [0.3, 0.4) is 0 Å². The number of esters is 6. The maximum Gasteiger partial charge on any atom is 0.343 e. The summed E-state index contributed by atoms with van der Waals surface area (Å²) in [5.41, 5.74) is 13.1. The van der Waals surface area contributed by atoms with Crippen molar-refractivity contribution in [3.05, 3.63) is 361 Å². The number of ether oxygens (including phenoxy) is 10. The van der Waals surface area contributed by atoms with Gasteiger partial charge in [-0.25, -0.2) is 28.8 Å². The first-order chi connectivity index (χ1) is 61.8. The summed E-state index contributed by atoms with van der Waals surface area (Å²) in [4.78, 5) is 78.7. The standard InChI is InChI=1S/C110H108O16/c1-5-9-11-13-19-73-117-95-57-41-83(42-58-95)79-25-33-91(34-26-79)107(113)123-99-65-49-87(50-66-99)105(89-53-69-101(70-54-89)125-109(115)93-37-29-81(30-38-93)85-45-61-97(62-46-85)119-75-21-15-17-23-77-121-103(111)7-3)106(88-51-67-100(68-52-88)124-108(114)92-35-27-80(28-36-92)84-43-59-96(60-44-84)118-74-20-14-12-10-6-2)90-55-71-102(72-56-90)126-110(116)94-39-31-82(32-40-94)86-47-63-98(64-48-86)120-76-22-16-18-24-78-122-104(112)8-4/h7-8,25-72H,3-6,9-24,73-78H2,1-2H3/b106-105+. The van der Waals surface area contributed by atoms with E-state index in [0.29, 0.717) is 107 Å². The normalized spacial score (nSPS) is 11.1. The van der Waals surface area contributed by atoms with Crippen LogP contribution in [0, 0.1) is 0 Å². The molecule has 0 saturated heterocycles. The molecule has 12 rings (SSSR count). The molecule has 0 aliphatic heterocycles. The third kappa shape index (κ3) is 28.0. The number of rotatable bonds is 48. The molecule has 0 unspecified atom stereocenters. The molecule has 0 amide bonds. The number of benzene rings is 12. The van der Waals surface area contributed by atoms with Crippen LogP contribution in [0.1, 0.15) is 193 Å². The smallest absolute Gasteiger partial charge is 0.343 e. The summed E-state index contributed by atoms with van der Waals surface area (Å²) in [5, 5.41) is 0. The number of hydrogen-bond donors (Lipinski definition) is 0. The Morgan fingerprint density at radius 3 is 0.563 bits per heavy atom. The number of carbonyl (C=O) groups excluding carboxylic acids is 6. The zero-order valence-corrected chi connectivity index (χ0v) is 71.8. The molecule has 12 aromatic carbocycles. The van der Waals surface area contributed by atoms with Crippen LogP contribution >= 0.6 is 0 Å². The number of carbonyl (C=O) groups is 6. The summed E-state index contributed by atoms with van der Waals surface area (Å²) in [7, 11) is 0. The van der Waals surface area contributed by atoms with E-state index in [4.69, 9.17) is 47.4 Å². The van der Waals surface area contributed by atoms with E-state index in [9.17, 15) is 28.8 Å². The highest BCUT2D eigenvalue weighted by Gasteiger charge is 2.22. The molecule has 12 aromatic rings. The van der Waals surface area contributed by atoms with Gasteiger partial charge in [0, 0.05) is 12.2 Å². The van der Waals surface area contributed by atoms with Gasteiger partial charge in [0.15, 0.2) is 0 Å². The highest BCUT2D eigenvalue weighted by atomic mass is 16.6. The molecule has 0 saturated carbocycles. The predicted octanol–water partition coefficient (Wildman–Crippen LogP) is 26.3. The van der Waals surface area contributed by atoms with E-state index < -0.39 is 35.8 Å². The highest BCUT2D eigenvalue weighted by Crippen LogP contribution is 2.41. The first-order valence-electron chi connectivity index (χ1n) is 43.7. The molecule has 16 nitrogen and oxygen atoms in total. The van der Waals surface area contributed by atoms with Crippen LogP contribution in [0.2, 0.25) is 0 Å². The number of hydrogen-bond acceptors (Lipinski definition) is 16. The minimum absolute atomic E-state index is 0.284. The van der Waals surface area contributed by atoms with Crippen molar-refractivity contribution in [1.29, 1.82) is 0 Å². The zero-order valence-electron chi connectivity index (χ0n) is 71.8. The van der Waals surface area contributed by atoms with Crippen LogP contribution < -0.4 is 37.9 Å². The molecule has 16 heteroatoms. The third-order valence-corrected chi connectivity index (χ3v) is 21.4. The molecule has 0 N–H and O–H groups in total. The lowest BCUT2D eigenvalue weighted by Gasteiger charge is -2.19. The minimum atomic E-state index is -0.560. The van der Waals surface area contributed by atoms with Crippen LogP contribution in [0.15, 0.2) is 316 Å². The molecule has 644 valence electrons. The van der Waals surface area contributed by atoms with Gasteiger partial charge in [-0.3, -0.25) is 0 Å². The van der Waals surface area contributed by atoms with Crippen LogP contribution in [-0.2, 0) is 19.1 Å². The van der Waals surface area contributed by atoms with Crippen LogP contribution in [0.4, 0.5) is 0 Å². The lowest BCUT2D eigenvalue weighted by Crippen LogP contribution is -2.09. The fraction of sp³-hybridized carbons (Fsp3) is 0.236. The van der Waals surface area contributed by atoms with Crippen molar-refractivity contribution in [1.82, 2.24) is 0 Å². The third-order valence-electron chi connectivity index (χ3n) is 21.4. The molecule has 0 heterocycles. The average molecular weight is 1690 g/mol. The Hall–Kier alpha value is -14.1. The first-order valence-corrected chi connectivity index (χ1v) is 43.7. The molecule has 0 atom stereocenters. The van der Waals surface area contributed by atoms with Gasteiger partial charge in [0.05, 0.1) is 61.9 Å². The Labute approximate surface area is 739 Å². The summed E-state index contributed by atoms with van der Waals surface area (Å²) in [5.74, 6) is 1.24. The highest BCUT2D eigenvalue weighted by molar-refractivity contribution is 6.05. The lowest BCUT2D eigenvalue weighted by molar-refractivity contribution is -0.138. The Morgan fingerprint density at radius 2 is 0.373 bits per heavy atom. The van der Waals surface area contributed by atoms with Gasteiger partial charge in [0.25, 0.3) is 0 Å². The van der Waals surface area contributed by atoms with Crippen LogP contribution in [-0.4, -0.2) is 75.5 Å². The summed E-state index contributed by atoms with van der Waals surface area (Å²) in [6, 6.07) is 89.3. The van der Waals surface area contributed by atoms with Gasteiger partial charge < -0.3 is 47.4 Å². The lowest BCUT2D eigenvalue weighted by atomic mass is 9.85. The fourth-order valence-electron chi connectivity index (χ4n) is 14.3. The fourth-order valence-corrected chi connectivity index (χ4v) is 14.3. The summed E-state index contributed by atoms with van der Waals surface area (Å²) in [6.45, 7) is 14.5. The second-order valence-electron chi connectivity index (χ2n) is 30.6. The van der Waals surface area contributed by atoms with E-state index in [1.165, 1.54) is 50.7 Å². The quantitative estimate of drug-likeness (QED) is 0.0115. The molecule has 0 aliphatic rings. The Bertz CT molecular complexity index is 5080. The van der Waals surface area contributed by atoms with Crippen molar-refractivity contribution in [2.75, 3.05) is 39.6 Å². The molecule has 0 bridgehead atoms. The minimum Gasteiger partial charge on any atom is -0.494 e. The summed E-state index contributed by atoms with van der Waals surface area (Å²) < 4.78 is 58.5. The molecule has 0 radical (unpaired) electrons. The van der Waals surface area contributed by atoms with Crippen molar-refractivity contribution in [3.8, 4) is 90.5 Å². The maximum atomic E-state index is 14.0. The van der Waals surface area contributed by atoms with Gasteiger partial charge in [-0.05, 0) is 288 Å². The van der Waals surface area contributed by atoms with Gasteiger partial charge in [0.2, 0.25) is 0 Å². The predicted molar refractivity (Wildman–Crippen MR) is 497 cm³/mol. The van der Waals surface area contributed by atoms with E-state index in [0.717, 1.165) is 145 Å². The van der Waals surface area contributed by atoms with Gasteiger partial charge >= 0.3 is 35.8 Å². The maximum absolute atomic E-state index is 14.0. The largest absolute Gasteiger partial charge is 0.494 e. The van der Waals surface area contributed by atoms with Gasteiger partial charge in [-0.2, -0.15) is 0 Å². The molecule has 0 spiro atoms. The van der Waals surface area contributed by atoms with Crippen molar-refractivity contribution in [3.63, 3.8) is 0 Å². The van der Waals surface area contributed by atoms with Gasteiger partial charge in [-0.1, -0.05) is 224 Å². The van der Waals surface area contributed by atoms with E-state index in [2.05, 4.69) is 27.0 Å². The van der Waals surface area contributed by atoms with E-state index >= 15 is 0 Å². The average Bonchev–Trinajstić information content (AvgIpc) is 0.773. The van der Waals surface area contributed by atoms with Crippen molar-refractivity contribution in [2.45, 2.75) is 129 Å². The molecule has 0 fully saturated rings. The van der Waals surface area contributed by atoms with Gasteiger partial charge in [0.1, 0.15) is 46.0 Å². The SMILES string of the molecule is C=CC(=O)OCCCCCCOc1ccc(-c2ccc(C(=O)Oc3ccc(/C(=C(\c4ccc(OC(=O)c5ccc(-c6ccc(OCCCCCCC)cc6)cc5)cc4)c4ccc(OC(=O)c5ccc(-c6ccc(OCCCCCCOC(=O)C=C)cc6)cc5)cc4)c4ccc(OC(=O)c5ccc(-c6ccc(OCCCCCCC)cc6)cc5)cc4)cc3)cc2)cc1. The monoisotopic (exact) mass is 1680 g/mol. The van der Waals surface area contributed by atoms with E-state index in [1.807, 2.05) is 194 Å². The van der Waals surface area contributed by atoms with E-state index in [-0.39, 0.29) is 11.5 Å². The molecular formula is C110H108O16. The first kappa shape index (κ1) is 91.1. The van der Waals surface area contributed by atoms with Gasteiger partial charge in [-0.15, -0.1) is 0 Å². The van der Waals surface area contributed by atoms with Crippen LogP contribution in [0.25, 0.3) is 55.7 Å². The molecular weight excluding hydrogens is 1580 g/mol. The topological polar surface area (TPSA) is 195 Å². The van der Waals surface area contributed by atoms with Crippen molar-refractivity contribution in [2.24, 2.45) is 0 Å². The molecule has 0 aromatic heterocycles. The van der Waals surface area contributed by atoms with E-state index in [1.54, 1.807) is 97.1 Å². The summed E-state index contributed by atoms with van der Waals surface area (Å²) >= 11 is 0.